The zero-order valence-electron chi connectivity index (χ0n) is 12.6. The van der Waals surface area contributed by atoms with Crippen LogP contribution in [0.1, 0.15) is 24.1 Å². The first kappa shape index (κ1) is 16.2. The van der Waals surface area contributed by atoms with Crippen LogP contribution in [-0.2, 0) is 24.2 Å². The van der Waals surface area contributed by atoms with E-state index >= 15 is 0 Å². The Hall–Kier alpha value is -2.64. The molecule has 0 atom stereocenters. The monoisotopic (exact) mass is 337 g/mol. The summed E-state index contributed by atoms with van der Waals surface area (Å²) >= 11 is 0. The van der Waals surface area contributed by atoms with Gasteiger partial charge in [0.05, 0.1) is 11.4 Å². The van der Waals surface area contributed by atoms with E-state index in [9.17, 15) is 22.8 Å². The van der Waals surface area contributed by atoms with Crippen LogP contribution >= 0.6 is 0 Å². The normalized spacial score (nSPS) is 13.5. The second-order valence-corrected chi connectivity index (χ2v) is 5.59. The first-order valence-corrected chi connectivity index (χ1v) is 7.49. The number of nitrogens with zero attached hydrogens (tertiary/aromatic N) is 2. The van der Waals surface area contributed by atoms with E-state index in [0.29, 0.717) is 6.07 Å². The van der Waals surface area contributed by atoms with Crippen molar-refractivity contribution in [1.82, 2.24) is 9.78 Å². The Labute approximate surface area is 135 Å². The summed E-state index contributed by atoms with van der Waals surface area (Å²) in [5.41, 5.74) is 0.726. The van der Waals surface area contributed by atoms with Gasteiger partial charge in [-0.25, -0.2) is 17.9 Å². The molecule has 24 heavy (non-hydrogen) atoms. The van der Waals surface area contributed by atoms with Crippen molar-refractivity contribution in [1.29, 1.82) is 0 Å². The number of carbonyl (C=O) groups is 1. The fourth-order valence-corrected chi connectivity index (χ4v) is 2.66. The van der Waals surface area contributed by atoms with Gasteiger partial charge in [-0.05, 0) is 43.4 Å². The minimum absolute atomic E-state index is 0.434. The second-order valence-electron chi connectivity index (χ2n) is 5.59. The van der Waals surface area contributed by atoms with E-state index in [4.69, 9.17) is 0 Å². The molecule has 8 heteroatoms. The van der Waals surface area contributed by atoms with E-state index < -0.39 is 41.2 Å². The molecule has 126 valence electrons. The molecule has 1 amide bonds. The summed E-state index contributed by atoms with van der Waals surface area (Å²) in [5, 5.41) is 6.28. The molecular formula is C16H14F3N3O2. The van der Waals surface area contributed by atoms with Crippen LogP contribution in [-0.4, -0.2) is 15.7 Å². The molecule has 0 bridgehead atoms. The van der Waals surface area contributed by atoms with Gasteiger partial charge in [-0.1, -0.05) is 0 Å². The van der Waals surface area contributed by atoms with Crippen molar-refractivity contribution in [2.45, 2.75) is 32.2 Å². The summed E-state index contributed by atoms with van der Waals surface area (Å²) < 4.78 is 40.6. The molecule has 3 rings (SSSR count). The lowest BCUT2D eigenvalue weighted by Crippen LogP contribution is -2.31. The molecule has 1 aliphatic rings. The predicted molar refractivity (Wildman–Crippen MR) is 80.1 cm³/mol. The molecular weight excluding hydrogens is 323 g/mol. The van der Waals surface area contributed by atoms with Crippen molar-refractivity contribution in [3.05, 3.63) is 57.3 Å². The summed E-state index contributed by atoms with van der Waals surface area (Å²) in [4.78, 5) is 23.9. The summed E-state index contributed by atoms with van der Waals surface area (Å²) in [5.74, 6) is -5.27. The highest BCUT2D eigenvalue weighted by molar-refractivity contribution is 5.90. The number of anilines is 1. The van der Waals surface area contributed by atoms with E-state index in [0.717, 1.165) is 47.7 Å². The Bertz CT molecular complexity index is 864. The highest BCUT2D eigenvalue weighted by Crippen LogP contribution is 2.20. The van der Waals surface area contributed by atoms with Crippen LogP contribution < -0.4 is 10.9 Å². The van der Waals surface area contributed by atoms with Crippen LogP contribution in [0, 0.1) is 17.5 Å². The summed E-state index contributed by atoms with van der Waals surface area (Å²) in [7, 11) is 0. The Kier molecular flexibility index (Phi) is 4.37. The number of benzene rings is 1. The topological polar surface area (TPSA) is 64.0 Å². The Balaban J connectivity index is 1.78. The molecule has 1 heterocycles. The molecule has 1 aromatic carbocycles. The number of hydrogen-bond acceptors (Lipinski definition) is 3. The molecule has 5 nitrogen and oxygen atoms in total. The number of halogens is 3. The fraction of sp³-hybridized carbons (Fsp3) is 0.312. The lowest BCUT2D eigenvalue weighted by Gasteiger charge is -2.15. The molecule has 0 radical (unpaired) electrons. The van der Waals surface area contributed by atoms with Gasteiger partial charge >= 0.3 is 0 Å². The number of aromatic nitrogens is 2. The van der Waals surface area contributed by atoms with Crippen LogP contribution in [0.4, 0.5) is 18.9 Å². The minimum atomic E-state index is -1.67. The average molecular weight is 337 g/mol. The Morgan fingerprint density at radius 1 is 1.17 bits per heavy atom. The molecule has 0 saturated carbocycles. The molecule has 1 N–H and O–H groups in total. The van der Waals surface area contributed by atoms with Gasteiger partial charge in [0.2, 0.25) is 5.91 Å². The van der Waals surface area contributed by atoms with Gasteiger partial charge in [0, 0.05) is 6.07 Å². The van der Waals surface area contributed by atoms with Gasteiger partial charge < -0.3 is 5.32 Å². The number of rotatable bonds is 3. The third-order valence-corrected chi connectivity index (χ3v) is 3.88. The van der Waals surface area contributed by atoms with Crippen molar-refractivity contribution >= 4 is 11.6 Å². The van der Waals surface area contributed by atoms with E-state index in [1.807, 2.05) is 0 Å². The quantitative estimate of drug-likeness (QED) is 0.873. The van der Waals surface area contributed by atoms with Crippen molar-refractivity contribution < 1.29 is 18.0 Å². The minimum Gasteiger partial charge on any atom is -0.322 e. The number of aryl methyl sites for hydroxylation is 2. The molecule has 0 unspecified atom stereocenters. The maximum absolute atomic E-state index is 13.6. The number of fused-ring (bicyclic) bond motifs is 1. The van der Waals surface area contributed by atoms with Crippen LogP contribution in [0.3, 0.4) is 0 Å². The average Bonchev–Trinajstić information content (AvgIpc) is 2.56. The van der Waals surface area contributed by atoms with Crippen LogP contribution in [0.25, 0.3) is 0 Å². The van der Waals surface area contributed by atoms with Gasteiger partial charge in [0.25, 0.3) is 5.56 Å². The maximum Gasteiger partial charge on any atom is 0.267 e. The molecule has 0 fully saturated rings. The van der Waals surface area contributed by atoms with Crippen LogP contribution in [0.2, 0.25) is 0 Å². The SMILES string of the molecule is O=C(Cn1nc2c(cc1=O)CCCC2)Nc1ccc(F)c(F)c1F. The lowest BCUT2D eigenvalue weighted by atomic mass is 9.97. The molecule has 0 aliphatic heterocycles. The van der Waals surface area contributed by atoms with Crippen LogP contribution in [0.15, 0.2) is 23.0 Å². The van der Waals surface area contributed by atoms with Crippen LogP contribution in [0.5, 0.6) is 0 Å². The highest BCUT2D eigenvalue weighted by Gasteiger charge is 2.17. The van der Waals surface area contributed by atoms with E-state index in [1.54, 1.807) is 0 Å². The van der Waals surface area contributed by atoms with Gasteiger partial charge in [-0.3, -0.25) is 9.59 Å². The van der Waals surface area contributed by atoms with Crippen molar-refractivity contribution in [3.8, 4) is 0 Å². The highest BCUT2D eigenvalue weighted by atomic mass is 19.2. The van der Waals surface area contributed by atoms with Gasteiger partial charge in [-0.15, -0.1) is 0 Å². The number of amides is 1. The zero-order valence-corrected chi connectivity index (χ0v) is 12.6. The number of hydrogen-bond donors (Lipinski definition) is 1. The second kappa shape index (κ2) is 6.46. The summed E-state index contributed by atoms with van der Waals surface area (Å²) in [6.07, 6.45) is 3.47. The van der Waals surface area contributed by atoms with Crippen molar-refractivity contribution in [2.24, 2.45) is 0 Å². The third-order valence-electron chi connectivity index (χ3n) is 3.88. The first-order chi connectivity index (χ1) is 11.5. The Morgan fingerprint density at radius 2 is 1.92 bits per heavy atom. The molecule has 1 aromatic heterocycles. The van der Waals surface area contributed by atoms with Crippen molar-refractivity contribution in [2.75, 3.05) is 5.32 Å². The van der Waals surface area contributed by atoms with E-state index in [2.05, 4.69) is 10.4 Å². The van der Waals surface area contributed by atoms with Crippen molar-refractivity contribution in [3.63, 3.8) is 0 Å². The molecule has 0 saturated heterocycles. The summed E-state index contributed by atoms with van der Waals surface area (Å²) in [6.45, 7) is -0.440. The standard InChI is InChI=1S/C16H14F3N3O2/c17-10-5-6-12(16(19)15(10)18)20-13(23)8-22-14(24)7-9-3-1-2-4-11(9)21-22/h5-7H,1-4,8H2,(H,20,23). The largest absolute Gasteiger partial charge is 0.322 e. The molecule has 0 spiro atoms. The predicted octanol–water partition coefficient (Wildman–Crippen LogP) is 2.18. The van der Waals surface area contributed by atoms with Gasteiger partial charge in [0.15, 0.2) is 17.5 Å². The number of carbonyl (C=O) groups excluding carboxylic acids is 1. The number of nitrogens with one attached hydrogen (secondary N) is 1. The Morgan fingerprint density at radius 3 is 2.71 bits per heavy atom. The van der Waals surface area contributed by atoms with E-state index in [1.165, 1.54) is 6.07 Å². The van der Waals surface area contributed by atoms with Gasteiger partial charge in [0.1, 0.15) is 6.54 Å². The van der Waals surface area contributed by atoms with Gasteiger partial charge in [-0.2, -0.15) is 5.10 Å². The smallest absolute Gasteiger partial charge is 0.267 e. The fourth-order valence-electron chi connectivity index (χ4n) is 2.66. The zero-order chi connectivity index (χ0) is 17.3. The summed E-state index contributed by atoms with van der Waals surface area (Å²) in [6, 6.07) is 3.07. The maximum atomic E-state index is 13.6. The first-order valence-electron chi connectivity index (χ1n) is 7.49. The third kappa shape index (κ3) is 3.17. The molecule has 1 aliphatic carbocycles. The van der Waals surface area contributed by atoms with E-state index in [-0.39, 0.29) is 0 Å². The lowest BCUT2D eigenvalue weighted by molar-refractivity contribution is -0.117. The molecule has 2 aromatic rings.